The maximum atomic E-state index is 12.6. The number of halogens is 2. The molecule has 0 saturated carbocycles. The van der Waals surface area contributed by atoms with Gasteiger partial charge in [-0.15, -0.1) is 12.4 Å². The van der Waals surface area contributed by atoms with Crippen LogP contribution in [0.15, 0.2) is 18.2 Å². The Labute approximate surface area is 131 Å². The van der Waals surface area contributed by atoms with Gasteiger partial charge >= 0.3 is 0 Å². The summed E-state index contributed by atoms with van der Waals surface area (Å²) in [5.41, 5.74) is 1.75. The molecule has 2 aliphatic heterocycles. The van der Waals surface area contributed by atoms with E-state index in [-0.39, 0.29) is 18.3 Å². The molecule has 3 nitrogen and oxygen atoms in total. The standard InChI is InChI=1S/C15H19ClN2O.ClH/c1-10-8-12(16)2-3-13(10)15(19)18-7-5-14-11(9-18)4-6-17-14;/h2-3,8,11,14,17H,4-7,9H2,1H3;1H. The molecule has 0 radical (unpaired) electrons. The summed E-state index contributed by atoms with van der Waals surface area (Å²) < 4.78 is 0. The maximum Gasteiger partial charge on any atom is 0.254 e. The van der Waals surface area contributed by atoms with Gasteiger partial charge in [-0.3, -0.25) is 4.79 Å². The number of rotatable bonds is 1. The second kappa shape index (κ2) is 6.33. The number of carbonyl (C=O) groups excluding carboxylic acids is 1. The molecule has 1 N–H and O–H groups in total. The Hall–Kier alpha value is -0.770. The van der Waals surface area contributed by atoms with E-state index in [4.69, 9.17) is 11.6 Å². The lowest BCUT2D eigenvalue weighted by atomic mass is 9.92. The number of piperidine rings is 1. The number of hydrogen-bond acceptors (Lipinski definition) is 2. The van der Waals surface area contributed by atoms with E-state index in [1.807, 2.05) is 24.0 Å². The molecule has 3 rings (SSSR count). The minimum Gasteiger partial charge on any atom is -0.338 e. The van der Waals surface area contributed by atoms with E-state index in [1.54, 1.807) is 6.07 Å². The fraction of sp³-hybridized carbons (Fsp3) is 0.533. The number of benzene rings is 1. The molecule has 0 aliphatic carbocycles. The predicted molar refractivity (Wildman–Crippen MR) is 83.9 cm³/mol. The number of hydrogen-bond donors (Lipinski definition) is 1. The predicted octanol–water partition coefficient (Wildman–Crippen LogP) is 2.89. The molecule has 2 saturated heterocycles. The van der Waals surface area contributed by atoms with Crippen molar-refractivity contribution in [1.82, 2.24) is 10.2 Å². The monoisotopic (exact) mass is 314 g/mol. The molecule has 2 fully saturated rings. The second-order valence-corrected chi connectivity index (χ2v) is 6.04. The highest BCUT2D eigenvalue weighted by molar-refractivity contribution is 6.30. The average molecular weight is 315 g/mol. The molecule has 2 unspecified atom stereocenters. The van der Waals surface area contributed by atoms with Crippen molar-refractivity contribution in [2.75, 3.05) is 19.6 Å². The van der Waals surface area contributed by atoms with Crippen molar-refractivity contribution in [1.29, 1.82) is 0 Å². The van der Waals surface area contributed by atoms with E-state index in [0.717, 1.165) is 37.2 Å². The Morgan fingerprint density at radius 2 is 2.20 bits per heavy atom. The first-order valence-electron chi connectivity index (χ1n) is 6.94. The molecular formula is C15H20Cl2N2O. The first-order valence-corrected chi connectivity index (χ1v) is 7.32. The minimum absolute atomic E-state index is 0. The van der Waals surface area contributed by atoms with Crippen LogP contribution in [0.4, 0.5) is 0 Å². The van der Waals surface area contributed by atoms with E-state index in [9.17, 15) is 4.79 Å². The second-order valence-electron chi connectivity index (χ2n) is 5.61. The largest absolute Gasteiger partial charge is 0.338 e. The fourth-order valence-corrected chi connectivity index (χ4v) is 3.50. The molecule has 0 aromatic heterocycles. The van der Waals surface area contributed by atoms with Gasteiger partial charge in [0.25, 0.3) is 5.91 Å². The minimum atomic E-state index is 0. The van der Waals surface area contributed by atoms with Crippen molar-refractivity contribution >= 4 is 29.9 Å². The number of amides is 1. The Balaban J connectivity index is 0.00000147. The first-order chi connectivity index (χ1) is 9.15. The molecule has 5 heteroatoms. The van der Waals surface area contributed by atoms with Gasteiger partial charge in [0.2, 0.25) is 0 Å². The number of aryl methyl sites for hydroxylation is 1. The van der Waals surface area contributed by atoms with E-state index in [0.29, 0.717) is 17.0 Å². The fourth-order valence-electron chi connectivity index (χ4n) is 3.27. The van der Waals surface area contributed by atoms with E-state index < -0.39 is 0 Å². The summed E-state index contributed by atoms with van der Waals surface area (Å²) >= 11 is 5.95. The van der Waals surface area contributed by atoms with Gasteiger partial charge in [-0.2, -0.15) is 0 Å². The van der Waals surface area contributed by atoms with Crippen LogP contribution in [0.25, 0.3) is 0 Å². The molecule has 2 atom stereocenters. The summed E-state index contributed by atoms with van der Waals surface area (Å²) in [6.45, 7) is 4.79. The van der Waals surface area contributed by atoms with Crippen LogP contribution in [0.5, 0.6) is 0 Å². The molecule has 0 bridgehead atoms. The van der Waals surface area contributed by atoms with Crippen LogP contribution >= 0.6 is 24.0 Å². The summed E-state index contributed by atoms with van der Waals surface area (Å²) in [6.07, 6.45) is 2.26. The van der Waals surface area contributed by atoms with Crippen molar-refractivity contribution < 1.29 is 4.79 Å². The molecule has 1 amide bonds. The zero-order valence-electron chi connectivity index (χ0n) is 11.6. The normalized spacial score (nSPS) is 25.0. The van der Waals surface area contributed by atoms with Gasteiger partial charge in [0, 0.05) is 29.7 Å². The van der Waals surface area contributed by atoms with Gasteiger partial charge in [-0.25, -0.2) is 0 Å². The van der Waals surface area contributed by atoms with Gasteiger partial charge in [0.1, 0.15) is 0 Å². The quantitative estimate of drug-likeness (QED) is 0.864. The number of nitrogens with one attached hydrogen (secondary N) is 1. The summed E-state index contributed by atoms with van der Waals surface area (Å²) in [6, 6.07) is 6.12. The Bertz CT molecular complexity index is 507. The number of carbonyl (C=O) groups is 1. The zero-order chi connectivity index (χ0) is 13.4. The molecular weight excluding hydrogens is 295 g/mol. The number of nitrogens with zero attached hydrogens (tertiary/aromatic N) is 1. The molecule has 1 aromatic rings. The van der Waals surface area contributed by atoms with Crippen molar-refractivity contribution in [3.63, 3.8) is 0 Å². The van der Waals surface area contributed by atoms with Crippen molar-refractivity contribution in [2.45, 2.75) is 25.8 Å². The lowest BCUT2D eigenvalue weighted by molar-refractivity contribution is 0.0661. The maximum absolute atomic E-state index is 12.6. The van der Waals surface area contributed by atoms with Crippen LogP contribution in [0.3, 0.4) is 0 Å². The Morgan fingerprint density at radius 1 is 1.40 bits per heavy atom. The first kappa shape index (κ1) is 15.6. The van der Waals surface area contributed by atoms with Crippen molar-refractivity contribution in [3.8, 4) is 0 Å². The van der Waals surface area contributed by atoms with E-state index >= 15 is 0 Å². The SMILES string of the molecule is Cc1cc(Cl)ccc1C(=O)N1CCC2NCCC2C1.Cl. The lowest BCUT2D eigenvalue weighted by Crippen LogP contribution is -2.47. The molecule has 20 heavy (non-hydrogen) atoms. The van der Waals surface area contributed by atoms with Crippen LogP contribution in [-0.4, -0.2) is 36.5 Å². The van der Waals surface area contributed by atoms with Gasteiger partial charge < -0.3 is 10.2 Å². The smallest absolute Gasteiger partial charge is 0.254 e. The van der Waals surface area contributed by atoms with Gasteiger partial charge in [0.15, 0.2) is 0 Å². The van der Waals surface area contributed by atoms with Crippen LogP contribution in [0, 0.1) is 12.8 Å². The summed E-state index contributed by atoms with van der Waals surface area (Å²) in [7, 11) is 0. The van der Waals surface area contributed by atoms with Crippen molar-refractivity contribution in [3.05, 3.63) is 34.3 Å². The van der Waals surface area contributed by atoms with Gasteiger partial charge in [-0.05, 0) is 56.0 Å². The highest BCUT2D eigenvalue weighted by Gasteiger charge is 2.34. The van der Waals surface area contributed by atoms with Gasteiger partial charge in [0.05, 0.1) is 0 Å². The number of fused-ring (bicyclic) bond motifs is 1. The van der Waals surface area contributed by atoms with Crippen LogP contribution in [0.1, 0.15) is 28.8 Å². The summed E-state index contributed by atoms with van der Waals surface area (Å²) in [5, 5.41) is 4.21. The van der Waals surface area contributed by atoms with E-state index in [1.165, 1.54) is 6.42 Å². The highest BCUT2D eigenvalue weighted by atomic mass is 35.5. The molecule has 2 aliphatic rings. The summed E-state index contributed by atoms with van der Waals surface area (Å²) in [4.78, 5) is 14.6. The average Bonchev–Trinajstić information content (AvgIpc) is 2.85. The third-order valence-electron chi connectivity index (χ3n) is 4.36. The third kappa shape index (κ3) is 2.95. The van der Waals surface area contributed by atoms with Crippen LogP contribution in [0.2, 0.25) is 5.02 Å². The van der Waals surface area contributed by atoms with Crippen LogP contribution in [-0.2, 0) is 0 Å². The molecule has 2 heterocycles. The highest BCUT2D eigenvalue weighted by Crippen LogP contribution is 2.26. The Kier molecular flexibility index (Phi) is 4.95. The molecule has 110 valence electrons. The number of likely N-dealkylation sites (tertiary alicyclic amines) is 1. The van der Waals surface area contributed by atoms with E-state index in [2.05, 4.69) is 5.32 Å². The van der Waals surface area contributed by atoms with Crippen molar-refractivity contribution in [2.24, 2.45) is 5.92 Å². The molecule has 1 aromatic carbocycles. The lowest BCUT2D eigenvalue weighted by Gasteiger charge is -2.35. The summed E-state index contributed by atoms with van der Waals surface area (Å²) in [5.74, 6) is 0.782. The third-order valence-corrected chi connectivity index (χ3v) is 4.60. The van der Waals surface area contributed by atoms with Crippen LogP contribution < -0.4 is 5.32 Å². The topological polar surface area (TPSA) is 32.3 Å². The molecule has 0 spiro atoms. The zero-order valence-corrected chi connectivity index (χ0v) is 13.1. The Morgan fingerprint density at radius 3 is 2.95 bits per heavy atom. The van der Waals surface area contributed by atoms with Gasteiger partial charge in [-0.1, -0.05) is 11.6 Å².